The summed E-state index contributed by atoms with van der Waals surface area (Å²) in [4.78, 5) is 17.7. The van der Waals surface area contributed by atoms with Gasteiger partial charge in [0, 0.05) is 6.07 Å². The first-order valence-electron chi connectivity index (χ1n) is 4.82. The van der Waals surface area contributed by atoms with Crippen molar-refractivity contribution in [3.8, 4) is 0 Å². The molecule has 10 nitrogen and oxygen atoms in total. The molecule has 10 heteroatoms. The van der Waals surface area contributed by atoms with E-state index in [9.17, 15) is 10.1 Å². The summed E-state index contributed by atoms with van der Waals surface area (Å²) in [7, 11) is 0. The van der Waals surface area contributed by atoms with E-state index < -0.39 is 4.92 Å². The van der Waals surface area contributed by atoms with Crippen LogP contribution in [-0.2, 0) is 6.54 Å². The number of nitrogen functional groups attached to an aromatic ring is 1. The highest BCUT2D eigenvalue weighted by Gasteiger charge is 2.17. The molecule has 0 bridgehead atoms. The molecule has 2 aromatic heterocycles. The van der Waals surface area contributed by atoms with Crippen LogP contribution in [0.15, 0.2) is 23.0 Å². The van der Waals surface area contributed by atoms with E-state index in [4.69, 9.17) is 5.84 Å². The molecule has 0 amide bonds. The molecule has 0 aliphatic heterocycles. The quantitative estimate of drug-likeness (QED) is 0.387. The zero-order valence-corrected chi connectivity index (χ0v) is 9.03. The molecular weight excluding hydrogens is 242 g/mol. The first kappa shape index (κ1) is 11.7. The van der Waals surface area contributed by atoms with Gasteiger partial charge in [0.15, 0.2) is 0 Å². The number of anilines is 2. The average molecular weight is 251 g/mol. The molecular formula is C8H9N7O3. The Hall–Kier alpha value is -2.75. The maximum Gasteiger partial charge on any atom is 0.329 e. The smallest absolute Gasteiger partial charge is 0.329 e. The lowest BCUT2D eigenvalue weighted by Gasteiger charge is -2.05. The largest absolute Gasteiger partial charge is 0.364 e. The lowest BCUT2D eigenvalue weighted by molar-refractivity contribution is -0.384. The second-order valence-electron chi connectivity index (χ2n) is 3.17. The van der Waals surface area contributed by atoms with Crippen molar-refractivity contribution < 1.29 is 9.45 Å². The van der Waals surface area contributed by atoms with Gasteiger partial charge in [0.1, 0.15) is 18.2 Å². The van der Waals surface area contributed by atoms with Crippen LogP contribution in [0.3, 0.4) is 0 Å². The Morgan fingerprint density at radius 3 is 3.00 bits per heavy atom. The Morgan fingerprint density at radius 1 is 1.56 bits per heavy atom. The molecule has 0 aromatic carbocycles. The molecule has 94 valence electrons. The number of hydrogen-bond donors (Lipinski definition) is 3. The van der Waals surface area contributed by atoms with Gasteiger partial charge in [0.05, 0.1) is 11.5 Å². The Morgan fingerprint density at radius 2 is 2.39 bits per heavy atom. The van der Waals surface area contributed by atoms with Crippen LogP contribution in [-0.4, -0.2) is 20.0 Å². The minimum atomic E-state index is -0.592. The van der Waals surface area contributed by atoms with Gasteiger partial charge in [0.2, 0.25) is 11.8 Å². The molecule has 0 saturated carbocycles. The van der Waals surface area contributed by atoms with Crippen LogP contribution in [0.25, 0.3) is 0 Å². The standard InChI is InChI=1S/C8H9N7O3/c9-13-8-11-4-6(15(16)17)7(12-8)10-3-5-1-2-18-14-5/h1-2,4H,3,9H2,(H2,10,11,12,13). The summed E-state index contributed by atoms with van der Waals surface area (Å²) in [6, 6.07) is 1.63. The third-order valence-corrected chi connectivity index (χ3v) is 2.02. The van der Waals surface area contributed by atoms with Crippen LogP contribution in [0.2, 0.25) is 0 Å². The molecule has 2 rings (SSSR count). The monoisotopic (exact) mass is 251 g/mol. The number of hydrogen-bond acceptors (Lipinski definition) is 9. The van der Waals surface area contributed by atoms with Crippen LogP contribution >= 0.6 is 0 Å². The van der Waals surface area contributed by atoms with E-state index in [0.29, 0.717) is 5.69 Å². The van der Waals surface area contributed by atoms with Crippen LogP contribution in [0, 0.1) is 10.1 Å². The van der Waals surface area contributed by atoms with E-state index in [1.54, 1.807) is 6.07 Å². The van der Waals surface area contributed by atoms with Crippen LogP contribution in [0.5, 0.6) is 0 Å². The Bertz CT molecular complexity index is 542. The molecule has 4 N–H and O–H groups in total. The fourth-order valence-electron chi connectivity index (χ4n) is 1.21. The van der Waals surface area contributed by atoms with Crippen molar-refractivity contribution in [2.45, 2.75) is 6.54 Å². The van der Waals surface area contributed by atoms with Gasteiger partial charge < -0.3 is 9.84 Å². The van der Waals surface area contributed by atoms with Crippen molar-refractivity contribution in [3.05, 3.63) is 34.3 Å². The van der Waals surface area contributed by atoms with E-state index in [-0.39, 0.29) is 24.0 Å². The minimum Gasteiger partial charge on any atom is -0.364 e. The number of aromatic nitrogens is 3. The maximum atomic E-state index is 10.8. The van der Waals surface area contributed by atoms with Crippen molar-refractivity contribution in [2.24, 2.45) is 5.84 Å². The van der Waals surface area contributed by atoms with Crippen LogP contribution < -0.4 is 16.6 Å². The number of rotatable bonds is 5. The lowest BCUT2D eigenvalue weighted by atomic mass is 10.4. The molecule has 0 atom stereocenters. The van der Waals surface area contributed by atoms with E-state index in [1.165, 1.54) is 6.26 Å². The summed E-state index contributed by atoms with van der Waals surface area (Å²) in [5.41, 5.74) is 2.54. The van der Waals surface area contributed by atoms with Gasteiger partial charge in [-0.1, -0.05) is 5.16 Å². The normalized spacial score (nSPS) is 10.1. The van der Waals surface area contributed by atoms with Gasteiger partial charge in [-0.25, -0.2) is 10.8 Å². The Labute approximate surface area is 100 Å². The minimum absolute atomic E-state index is 0.0472. The molecule has 0 radical (unpaired) electrons. The van der Waals surface area contributed by atoms with Crippen molar-refractivity contribution in [1.29, 1.82) is 0 Å². The predicted molar refractivity (Wildman–Crippen MR) is 60.3 cm³/mol. The lowest BCUT2D eigenvalue weighted by Crippen LogP contribution is -2.13. The van der Waals surface area contributed by atoms with Gasteiger partial charge in [-0.3, -0.25) is 15.5 Å². The molecule has 0 fully saturated rings. The van der Waals surface area contributed by atoms with Gasteiger partial charge in [-0.2, -0.15) is 4.98 Å². The molecule has 2 aromatic rings. The molecule has 0 unspecified atom stereocenters. The first-order chi connectivity index (χ1) is 8.70. The number of nitro groups is 1. The fourth-order valence-corrected chi connectivity index (χ4v) is 1.21. The predicted octanol–water partition coefficient (Wildman–Crippen LogP) is 0.270. The second-order valence-corrected chi connectivity index (χ2v) is 3.17. The third kappa shape index (κ3) is 2.49. The van der Waals surface area contributed by atoms with Crippen molar-refractivity contribution in [2.75, 3.05) is 10.7 Å². The molecule has 0 aliphatic rings. The summed E-state index contributed by atoms with van der Waals surface area (Å²) in [6.45, 7) is 0.234. The third-order valence-electron chi connectivity index (χ3n) is 2.02. The Kier molecular flexibility index (Phi) is 3.29. The number of nitrogens with two attached hydrogens (primary N) is 1. The number of nitrogens with one attached hydrogen (secondary N) is 2. The van der Waals surface area contributed by atoms with E-state index in [1.807, 2.05) is 0 Å². The fraction of sp³-hybridized carbons (Fsp3) is 0.125. The van der Waals surface area contributed by atoms with E-state index in [2.05, 4.69) is 30.4 Å². The summed E-state index contributed by atoms with van der Waals surface area (Å²) >= 11 is 0. The van der Waals surface area contributed by atoms with Gasteiger partial charge in [0.25, 0.3) is 0 Å². The van der Waals surface area contributed by atoms with Crippen LogP contribution in [0.1, 0.15) is 5.69 Å². The summed E-state index contributed by atoms with van der Waals surface area (Å²) in [6.07, 6.45) is 2.46. The molecule has 0 aliphatic carbocycles. The van der Waals surface area contributed by atoms with Gasteiger partial charge >= 0.3 is 5.69 Å². The highest BCUT2D eigenvalue weighted by Crippen LogP contribution is 2.22. The zero-order chi connectivity index (χ0) is 13.0. The molecule has 2 heterocycles. The highest BCUT2D eigenvalue weighted by molar-refractivity contribution is 5.56. The molecule has 0 spiro atoms. The summed E-state index contributed by atoms with van der Waals surface area (Å²) in [5.74, 6) is 5.26. The van der Waals surface area contributed by atoms with Gasteiger partial charge in [-0.05, 0) is 0 Å². The number of nitrogens with zero attached hydrogens (tertiary/aromatic N) is 4. The summed E-state index contributed by atoms with van der Waals surface area (Å²) < 4.78 is 4.64. The Balaban J connectivity index is 2.20. The van der Waals surface area contributed by atoms with Gasteiger partial charge in [-0.15, -0.1) is 0 Å². The molecule has 18 heavy (non-hydrogen) atoms. The van der Waals surface area contributed by atoms with Crippen molar-refractivity contribution in [1.82, 2.24) is 15.1 Å². The van der Waals surface area contributed by atoms with E-state index in [0.717, 1.165) is 6.20 Å². The van der Waals surface area contributed by atoms with Crippen molar-refractivity contribution in [3.63, 3.8) is 0 Å². The SMILES string of the molecule is NNc1ncc([N+](=O)[O-])c(NCc2ccon2)n1. The zero-order valence-electron chi connectivity index (χ0n) is 9.03. The topological polar surface area (TPSA) is 145 Å². The average Bonchev–Trinajstić information content (AvgIpc) is 2.88. The summed E-state index contributed by atoms with van der Waals surface area (Å²) in [5, 5.41) is 17.2. The molecule has 0 saturated heterocycles. The maximum absolute atomic E-state index is 10.8. The highest BCUT2D eigenvalue weighted by atomic mass is 16.6. The van der Waals surface area contributed by atoms with Crippen molar-refractivity contribution >= 4 is 17.5 Å². The first-order valence-corrected chi connectivity index (χ1v) is 4.82. The number of hydrazine groups is 1. The second kappa shape index (κ2) is 5.05. The van der Waals surface area contributed by atoms with Crippen LogP contribution in [0.4, 0.5) is 17.5 Å². The van der Waals surface area contributed by atoms with E-state index >= 15 is 0 Å².